The normalized spacial score (nSPS) is 13.6. The van der Waals surface area contributed by atoms with E-state index in [1.807, 2.05) is 31.2 Å². The molecule has 0 radical (unpaired) electrons. The lowest BCUT2D eigenvalue weighted by molar-refractivity contribution is -0.139. The molecule has 8 heteroatoms. The van der Waals surface area contributed by atoms with Crippen LogP contribution in [0.4, 0.5) is 0 Å². The third-order valence-electron chi connectivity index (χ3n) is 5.61. The molecule has 3 amide bonds. The van der Waals surface area contributed by atoms with E-state index in [1.165, 1.54) is 0 Å². The first kappa shape index (κ1) is 24.7. The maximum Gasteiger partial charge on any atom is 0.310 e. The molecule has 2 aromatic rings. The molecule has 0 unspecified atom stereocenters. The van der Waals surface area contributed by atoms with Gasteiger partial charge in [-0.15, -0.1) is 0 Å². The maximum atomic E-state index is 13.3. The molecule has 0 atom stereocenters. The Morgan fingerprint density at radius 1 is 1.12 bits per heavy atom. The van der Waals surface area contributed by atoms with E-state index in [9.17, 15) is 14.4 Å². The molecule has 0 saturated heterocycles. The second-order valence-corrected chi connectivity index (χ2v) is 8.52. The van der Waals surface area contributed by atoms with Crippen LogP contribution in [0.5, 0.6) is 0 Å². The molecule has 0 bridgehead atoms. The zero-order chi connectivity index (χ0) is 24.7. The maximum absolute atomic E-state index is 13.3. The van der Waals surface area contributed by atoms with Crippen molar-refractivity contribution < 1.29 is 14.4 Å². The van der Waals surface area contributed by atoms with Crippen molar-refractivity contribution in [3.8, 4) is 6.07 Å². The molecule has 0 heterocycles. The Hall–Kier alpha value is -3.89. The lowest BCUT2D eigenvalue weighted by Gasteiger charge is -2.22. The van der Waals surface area contributed by atoms with Crippen molar-refractivity contribution in [2.24, 2.45) is 0 Å². The Balaban J connectivity index is 1.78. The van der Waals surface area contributed by atoms with Crippen LogP contribution in [0, 0.1) is 18.3 Å². The van der Waals surface area contributed by atoms with Crippen LogP contribution in [0.2, 0.25) is 0 Å². The summed E-state index contributed by atoms with van der Waals surface area (Å²) in [4.78, 5) is 36.9. The highest BCUT2D eigenvalue weighted by Crippen LogP contribution is 2.48. The monoisotopic (exact) mass is 476 g/mol. The average molecular weight is 477 g/mol. The average Bonchev–Trinajstić information content (AvgIpc) is 3.60. The number of hydrogen-bond acceptors (Lipinski definition) is 4. The molecule has 1 saturated carbocycles. The second-order valence-electron chi connectivity index (χ2n) is 8.03. The number of halogens is 1. The van der Waals surface area contributed by atoms with Gasteiger partial charge < -0.3 is 16.0 Å². The molecule has 7 nitrogen and oxygen atoms in total. The van der Waals surface area contributed by atoms with Crippen molar-refractivity contribution in [3.63, 3.8) is 0 Å². The molecular weight excluding hydrogens is 452 g/mol. The van der Waals surface area contributed by atoms with Crippen molar-refractivity contribution in [2.45, 2.75) is 31.8 Å². The number of hydrogen-bond donors (Lipinski definition) is 3. The van der Waals surface area contributed by atoms with E-state index in [2.05, 4.69) is 22.5 Å². The number of aryl methyl sites for hydroxylation is 1. The van der Waals surface area contributed by atoms with Gasteiger partial charge in [-0.1, -0.05) is 60.7 Å². The number of benzene rings is 2. The third-order valence-corrected chi connectivity index (χ3v) is 5.73. The lowest BCUT2D eigenvalue weighted by Crippen LogP contribution is -2.40. The molecule has 1 aliphatic carbocycles. The van der Waals surface area contributed by atoms with Gasteiger partial charge in [-0.05, 0) is 54.2 Å². The summed E-state index contributed by atoms with van der Waals surface area (Å²) in [6.07, 6.45) is 5.23. The van der Waals surface area contributed by atoms with Crippen molar-refractivity contribution >= 4 is 35.4 Å². The van der Waals surface area contributed by atoms with E-state index in [0.29, 0.717) is 16.2 Å². The largest absolute Gasteiger partial charge is 0.344 e. The Morgan fingerprint density at radius 2 is 1.82 bits per heavy atom. The Labute approximate surface area is 203 Å². The van der Waals surface area contributed by atoms with Gasteiger partial charge in [-0.2, -0.15) is 5.26 Å². The summed E-state index contributed by atoms with van der Waals surface area (Å²) >= 11 is 5.92. The van der Waals surface area contributed by atoms with Crippen LogP contribution in [-0.2, 0) is 21.7 Å². The van der Waals surface area contributed by atoms with Crippen LogP contribution in [0.1, 0.15) is 45.5 Å². The fraction of sp³-hybridized carbons (Fsp3) is 0.231. The number of rotatable bonds is 8. The van der Waals surface area contributed by atoms with Gasteiger partial charge >= 0.3 is 11.8 Å². The number of carbonyl (C=O) groups is 3. The van der Waals surface area contributed by atoms with Crippen LogP contribution < -0.4 is 16.0 Å². The minimum absolute atomic E-state index is 0.00827. The molecule has 34 heavy (non-hydrogen) atoms. The fourth-order valence-electron chi connectivity index (χ4n) is 3.72. The molecule has 0 spiro atoms. The van der Waals surface area contributed by atoms with Gasteiger partial charge in [0.1, 0.15) is 6.54 Å². The molecule has 174 valence electrons. The Kier molecular flexibility index (Phi) is 7.87. The molecule has 1 fully saturated rings. The van der Waals surface area contributed by atoms with Crippen LogP contribution in [0.15, 0.2) is 60.2 Å². The first-order valence-corrected chi connectivity index (χ1v) is 11.1. The van der Waals surface area contributed by atoms with E-state index in [0.717, 1.165) is 29.5 Å². The summed E-state index contributed by atoms with van der Waals surface area (Å²) in [7, 11) is 0. The van der Waals surface area contributed by atoms with Gasteiger partial charge in [0.05, 0.1) is 11.6 Å². The summed E-state index contributed by atoms with van der Waals surface area (Å²) in [6, 6.07) is 14.6. The highest BCUT2D eigenvalue weighted by atomic mass is 35.5. The summed E-state index contributed by atoms with van der Waals surface area (Å²) in [5.41, 5.74) is 3.54. The number of amides is 3. The van der Waals surface area contributed by atoms with Crippen LogP contribution in [0.3, 0.4) is 0 Å². The van der Waals surface area contributed by atoms with Crippen molar-refractivity contribution in [1.29, 1.82) is 5.26 Å². The van der Waals surface area contributed by atoms with Crippen LogP contribution >= 0.6 is 11.6 Å². The molecular formula is C26H25ClN4O3. The van der Waals surface area contributed by atoms with E-state index in [-0.39, 0.29) is 19.0 Å². The number of nitriles is 1. The first-order chi connectivity index (χ1) is 16.3. The van der Waals surface area contributed by atoms with Crippen LogP contribution in [0.25, 0.3) is 6.08 Å². The Bertz CT molecular complexity index is 1210. The summed E-state index contributed by atoms with van der Waals surface area (Å²) in [5.74, 6) is -2.05. The molecule has 0 aromatic heterocycles. The standard InChI is InChI=1S/C26H25ClN4O3/c1-17-6-5-9-22(20(17)11-10-18(2)27)26(12-13-26)31-23(32)21-8-4-3-7-19(21)16-30-25(34)24(33)29-15-14-28/h3-11H,2,12-13,15-16H2,1H3,(H,29,33)(H,30,34)(H,31,32)/b11-10-. The van der Waals surface area contributed by atoms with Crippen LogP contribution in [-0.4, -0.2) is 24.3 Å². The lowest BCUT2D eigenvalue weighted by atomic mass is 9.93. The van der Waals surface area contributed by atoms with E-state index >= 15 is 0 Å². The molecule has 0 aliphatic heterocycles. The predicted molar refractivity (Wildman–Crippen MR) is 130 cm³/mol. The quantitative estimate of drug-likeness (QED) is 0.308. The number of nitrogens with zero attached hydrogens (tertiary/aromatic N) is 1. The highest BCUT2D eigenvalue weighted by Gasteiger charge is 2.47. The SMILES string of the molecule is C=C(Cl)/C=C\c1c(C)cccc1C1(NC(=O)c2ccccc2CNC(=O)C(=O)NCC#N)CC1. The molecule has 1 aliphatic rings. The number of nitrogens with one attached hydrogen (secondary N) is 3. The van der Waals surface area contributed by atoms with Crippen molar-refractivity contribution in [2.75, 3.05) is 6.54 Å². The zero-order valence-electron chi connectivity index (χ0n) is 18.8. The topological polar surface area (TPSA) is 111 Å². The number of carbonyl (C=O) groups excluding carboxylic acids is 3. The van der Waals surface area contributed by atoms with Gasteiger partial charge in [0.25, 0.3) is 5.91 Å². The van der Waals surface area contributed by atoms with Crippen molar-refractivity contribution in [1.82, 2.24) is 16.0 Å². The second kappa shape index (κ2) is 10.8. The summed E-state index contributed by atoms with van der Waals surface area (Å²) < 4.78 is 0. The van der Waals surface area contributed by atoms with E-state index < -0.39 is 17.4 Å². The van der Waals surface area contributed by atoms with Gasteiger partial charge in [0.2, 0.25) is 0 Å². The zero-order valence-corrected chi connectivity index (χ0v) is 19.5. The summed E-state index contributed by atoms with van der Waals surface area (Å²) in [5, 5.41) is 16.8. The van der Waals surface area contributed by atoms with E-state index in [1.54, 1.807) is 36.4 Å². The minimum atomic E-state index is -0.903. The summed E-state index contributed by atoms with van der Waals surface area (Å²) in [6.45, 7) is 5.43. The first-order valence-electron chi connectivity index (χ1n) is 10.7. The fourth-order valence-corrected chi connectivity index (χ4v) is 3.78. The van der Waals surface area contributed by atoms with Gasteiger partial charge in [0.15, 0.2) is 0 Å². The smallest absolute Gasteiger partial charge is 0.310 e. The Morgan fingerprint density at radius 3 is 2.50 bits per heavy atom. The van der Waals surface area contributed by atoms with Crippen molar-refractivity contribution in [3.05, 3.63) is 88.0 Å². The highest BCUT2D eigenvalue weighted by molar-refractivity contribution is 6.35. The molecule has 2 aromatic carbocycles. The van der Waals surface area contributed by atoms with Gasteiger partial charge in [-0.3, -0.25) is 14.4 Å². The third kappa shape index (κ3) is 5.91. The minimum Gasteiger partial charge on any atom is -0.344 e. The van der Waals surface area contributed by atoms with Gasteiger partial charge in [0, 0.05) is 17.1 Å². The molecule has 3 N–H and O–H groups in total. The predicted octanol–water partition coefficient (Wildman–Crippen LogP) is 3.44. The molecule has 3 rings (SSSR count). The number of allylic oxidation sites excluding steroid dienone is 2. The van der Waals surface area contributed by atoms with Gasteiger partial charge in [-0.25, -0.2) is 0 Å². The van der Waals surface area contributed by atoms with E-state index in [4.69, 9.17) is 16.9 Å².